The van der Waals surface area contributed by atoms with E-state index in [9.17, 15) is 18.0 Å². The van der Waals surface area contributed by atoms with Crippen molar-refractivity contribution in [1.29, 1.82) is 0 Å². The summed E-state index contributed by atoms with van der Waals surface area (Å²) in [6, 6.07) is 17.7. The predicted molar refractivity (Wildman–Crippen MR) is 129 cm³/mol. The molecule has 1 N–H and O–H groups in total. The van der Waals surface area contributed by atoms with Gasteiger partial charge >= 0.3 is 6.18 Å². The minimum atomic E-state index is -4.42. The molecule has 1 amide bonds. The van der Waals surface area contributed by atoms with Crippen molar-refractivity contribution >= 4 is 24.1 Å². The third-order valence-electron chi connectivity index (χ3n) is 4.93. The molecule has 3 aromatic rings. The molecule has 0 spiro atoms. The molecular weight excluding hydrogens is 457 g/mol. The number of hydrogen-bond donors (Lipinski definition) is 1. The van der Waals surface area contributed by atoms with Gasteiger partial charge < -0.3 is 10.1 Å². The highest BCUT2D eigenvalue weighted by Gasteiger charge is 2.28. The number of alkyl halides is 3. The van der Waals surface area contributed by atoms with Crippen molar-refractivity contribution in [3.8, 4) is 5.75 Å². The van der Waals surface area contributed by atoms with Crippen LogP contribution in [0.5, 0.6) is 5.75 Å². The molecule has 3 rings (SSSR count). The Kier molecular flexibility index (Phi) is 8.72. The van der Waals surface area contributed by atoms with Gasteiger partial charge in [-0.1, -0.05) is 42.5 Å². The van der Waals surface area contributed by atoms with Gasteiger partial charge in [0.1, 0.15) is 12.1 Å². The summed E-state index contributed by atoms with van der Waals surface area (Å²) in [4.78, 5) is 25.0. The topological polar surface area (TPSA) is 75.9 Å². The average molecular weight is 483 g/mol. The number of aromatic nitrogens is 1. The van der Waals surface area contributed by atoms with Crippen LogP contribution in [0.15, 0.2) is 76.8 Å². The minimum Gasteiger partial charge on any atom is -0.483 e. The molecule has 1 atom stereocenters. The van der Waals surface area contributed by atoms with E-state index in [1.165, 1.54) is 24.7 Å². The molecule has 0 saturated heterocycles. The van der Waals surface area contributed by atoms with Crippen LogP contribution in [-0.4, -0.2) is 36.2 Å². The summed E-state index contributed by atoms with van der Waals surface area (Å²) >= 11 is 0. The minimum absolute atomic E-state index is 0.00896. The second-order valence-electron chi connectivity index (χ2n) is 7.84. The van der Waals surface area contributed by atoms with E-state index in [4.69, 9.17) is 0 Å². The van der Waals surface area contributed by atoms with Crippen LogP contribution < -0.4 is 10.1 Å². The van der Waals surface area contributed by atoms with Crippen LogP contribution in [0.25, 0.3) is 0 Å². The molecule has 0 aliphatic carbocycles. The third-order valence-corrected chi connectivity index (χ3v) is 4.93. The monoisotopic (exact) mass is 482 g/mol. The van der Waals surface area contributed by atoms with E-state index >= 15 is 0 Å². The number of para-hydroxylation sites is 1. The normalized spacial score (nSPS) is 12.7. The first-order chi connectivity index (χ1) is 16.7. The number of benzene rings is 2. The number of ether oxygens (including phenoxy) is 1. The molecule has 0 radical (unpaired) electrons. The fourth-order valence-corrected chi connectivity index (χ4v) is 3.10. The highest BCUT2D eigenvalue weighted by molar-refractivity contribution is 5.86. The van der Waals surface area contributed by atoms with Crippen LogP contribution in [0, 0.1) is 6.92 Å². The molecule has 0 bridgehead atoms. The largest absolute Gasteiger partial charge is 0.483 e. The molecule has 0 aliphatic heterocycles. The van der Waals surface area contributed by atoms with E-state index in [-0.39, 0.29) is 18.1 Å². The first-order valence-corrected chi connectivity index (χ1v) is 10.8. The van der Waals surface area contributed by atoms with Crippen LogP contribution in [0.2, 0.25) is 0 Å². The fourth-order valence-electron chi connectivity index (χ4n) is 3.10. The van der Waals surface area contributed by atoms with Crippen LogP contribution in [0.3, 0.4) is 0 Å². The van der Waals surface area contributed by atoms with Crippen molar-refractivity contribution in [2.24, 2.45) is 9.98 Å². The molecule has 0 unspecified atom stereocenters. The molecule has 0 saturated carbocycles. The SMILES string of the molecule is Cc1ccccc1/N=C\N=C\c1ccc(CC(=O)N[C@H](C)c2ccc(OCC(F)(F)F)cn2)cc1. The lowest BCUT2D eigenvalue weighted by molar-refractivity contribution is -0.153. The first-order valence-electron chi connectivity index (χ1n) is 10.8. The number of halogens is 3. The Morgan fingerprint density at radius 2 is 1.86 bits per heavy atom. The van der Waals surface area contributed by atoms with Gasteiger partial charge in [-0.15, -0.1) is 0 Å². The summed E-state index contributed by atoms with van der Waals surface area (Å²) in [6.45, 7) is 2.34. The number of carbonyl (C=O) groups is 1. The summed E-state index contributed by atoms with van der Waals surface area (Å²) < 4.78 is 41.3. The lowest BCUT2D eigenvalue weighted by Gasteiger charge is -2.14. The van der Waals surface area contributed by atoms with Gasteiger partial charge in [0.15, 0.2) is 6.61 Å². The number of rotatable bonds is 9. The van der Waals surface area contributed by atoms with E-state index < -0.39 is 18.8 Å². The molecule has 35 heavy (non-hydrogen) atoms. The Balaban J connectivity index is 1.48. The van der Waals surface area contributed by atoms with Gasteiger partial charge in [0, 0.05) is 6.21 Å². The summed E-state index contributed by atoms with van der Waals surface area (Å²) in [5, 5.41) is 2.83. The van der Waals surface area contributed by atoms with Gasteiger partial charge in [-0.3, -0.25) is 9.78 Å². The first kappa shape index (κ1) is 25.6. The molecule has 2 aromatic carbocycles. The Labute approximate surface area is 201 Å². The highest BCUT2D eigenvalue weighted by Crippen LogP contribution is 2.19. The van der Waals surface area contributed by atoms with Gasteiger partial charge in [-0.2, -0.15) is 13.2 Å². The van der Waals surface area contributed by atoms with E-state index in [1.54, 1.807) is 13.1 Å². The maximum absolute atomic E-state index is 12.4. The lowest BCUT2D eigenvalue weighted by Crippen LogP contribution is -2.28. The van der Waals surface area contributed by atoms with Crippen LogP contribution in [0.1, 0.15) is 35.3 Å². The third kappa shape index (κ3) is 8.69. The smallest absolute Gasteiger partial charge is 0.422 e. The number of pyridine rings is 1. The number of aliphatic imine (C=N–C) groups is 2. The molecule has 6 nitrogen and oxygen atoms in total. The number of nitrogens with one attached hydrogen (secondary N) is 1. The lowest BCUT2D eigenvalue weighted by atomic mass is 10.1. The number of hydrogen-bond acceptors (Lipinski definition) is 4. The number of aryl methyl sites for hydroxylation is 1. The van der Waals surface area contributed by atoms with Gasteiger partial charge in [0.05, 0.1) is 30.0 Å². The quantitative estimate of drug-likeness (QED) is 0.322. The molecule has 1 aromatic heterocycles. The Morgan fingerprint density at radius 3 is 2.51 bits per heavy atom. The summed E-state index contributed by atoms with van der Waals surface area (Å²) in [7, 11) is 0. The predicted octanol–water partition coefficient (Wildman–Crippen LogP) is 5.53. The zero-order chi connectivity index (χ0) is 25.3. The van der Waals surface area contributed by atoms with Crippen molar-refractivity contribution in [2.75, 3.05) is 6.61 Å². The van der Waals surface area contributed by atoms with Crippen LogP contribution >= 0.6 is 0 Å². The van der Waals surface area contributed by atoms with E-state index in [2.05, 4.69) is 25.0 Å². The van der Waals surface area contributed by atoms with Crippen LogP contribution in [0.4, 0.5) is 18.9 Å². The van der Waals surface area contributed by atoms with Crippen molar-refractivity contribution in [3.63, 3.8) is 0 Å². The van der Waals surface area contributed by atoms with Crippen molar-refractivity contribution in [2.45, 2.75) is 32.5 Å². The highest BCUT2D eigenvalue weighted by atomic mass is 19.4. The maximum atomic E-state index is 12.4. The van der Waals surface area contributed by atoms with Crippen molar-refractivity contribution in [3.05, 3.63) is 89.2 Å². The Bertz CT molecular complexity index is 1170. The zero-order valence-electron chi connectivity index (χ0n) is 19.3. The van der Waals surface area contributed by atoms with Gasteiger partial charge in [0.2, 0.25) is 5.91 Å². The second-order valence-corrected chi connectivity index (χ2v) is 7.84. The summed E-state index contributed by atoms with van der Waals surface area (Å²) in [5.41, 5.74) is 4.14. The maximum Gasteiger partial charge on any atom is 0.422 e. The van der Waals surface area contributed by atoms with Gasteiger partial charge in [-0.05, 0) is 48.7 Å². The van der Waals surface area contributed by atoms with Crippen molar-refractivity contribution < 1.29 is 22.7 Å². The number of amides is 1. The fraction of sp³-hybridized carbons (Fsp3) is 0.231. The van der Waals surface area contributed by atoms with E-state index in [0.717, 1.165) is 22.4 Å². The number of carbonyl (C=O) groups excluding carboxylic acids is 1. The summed E-state index contributed by atoms with van der Waals surface area (Å²) in [5.74, 6) is -0.196. The van der Waals surface area contributed by atoms with Crippen LogP contribution in [-0.2, 0) is 11.2 Å². The molecule has 0 fully saturated rings. The zero-order valence-corrected chi connectivity index (χ0v) is 19.3. The Morgan fingerprint density at radius 1 is 1.11 bits per heavy atom. The van der Waals surface area contributed by atoms with Gasteiger partial charge in [-0.25, -0.2) is 9.98 Å². The van der Waals surface area contributed by atoms with E-state index in [1.807, 2.05) is 55.5 Å². The molecular formula is C26H25F3N4O2. The molecule has 1 heterocycles. The van der Waals surface area contributed by atoms with Crippen molar-refractivity contribution in [1.82, 2.24) is 10.3 Å². The molecule has 9 heteroatoms. The Hall–Kier alpha value is -4.01. The van der Waals surface area contributed by atoms with E-state index in [0.29, 0.717) is 5.69 Å². The molecule has 182 valence electrons. The molecule has 0 aliphatic rings. The standard InChI is InChI=1S/C26H25F3N4O2/c1-18-5-3-4-6-23(18)32-17-30-14-21-9-7-20(8-10-21)13-25(34)33-19(2)24-12-11-22(15-31-24)35-16-26(27,28)29/h3-12,14-15,17,19H,13,16H2,1-2H3,(H,33,34)/b30-14+,32-17-/t19-/m1/s1. The van der Waals surface area contributed by atoms with Gasteiger partial charge in [0.25, 0.3) is 0 Å². The second kappa shape index (κ2) is 11.9. The summed E-state index contributed by atoms with van der Waals surface area (Å²) in [6.07, 6.45) is 0.134. The average Bonchev–Trinajstić information content (AvgIpc) is 2.82. The number of nitrogens with zero attached hydrogens (tertiary/aromatic N) is 3.